The largest absolute Gasteiger partial charge is 0.465 e. The maximum absolute atomic E-state index is 14.3. The molecule has 7 atom stereocenters. The Morgan fingerprint density at radius 2 is 2.00 bits per heavy atom. The molecule has 3 heterocycles. The number of ether oxygens (including phenoxy) is 2. The summed E-state index contributed by atoms with van der Waals surface area (Å²) in [7, 11) is 0. The second-order valence-electron chi connectivity index (χ2n) is 11.1. The van der Waals surface area contributed by atoms with Crippen molar-refractivity contribution in [2.75, 3.05) is 26.3 Å². The molecule has 0 aromatic rings. The number of rotatable bonds is 15. The number of hydrogen-bond acceptors (Lipinski definition) is 6. The van der Waals surface area contributed by atoms with Crippen molar-refractivity contribution in [3.63, 3.8) is 0 Å². The van der Waals surface area contributed by atoms with Crippen LogP contribution in [-0.4, -0.2) is 82.3 Å². The first-order valence-corrected chi connectivity index (χ1v) is 14.0. The lowest BCUT2D eigenvalue weighted by molar-refractivity contribution is -0.163. The van der Waals surface area contributed by atoms with E-state index in [0.29, 0.717) is 32.4 Å². The predicted octanol–water partition coefficient (Wildman–Crippen LogP) is 3.48. The van der Waals surface area contributed by atoms with Crippen molar-refractivity contribution in [1.29, 1.82) is 0 Å². The summed E-state index contributed by atoms with van der Waals surface area (Å²) in [5, 5.41) is 10.2. The van der Waals surface area contributed by atoms with Gasteiger partial charge >= 0.3 is 5.97 Å². The average molecular weight is 519 g/mol. The van der Waals surface area contributed by atoms with Crippen LogP contribution in [0.25, 0.3) is 0 Å². The van der Waals surface area contributed by atoms with Crippen molar-refractivity contribution in [1.82, 2.24) is 9.80 Å². The second kappa shape index (κ2) is 12.1. The number of nitrogens with zero attached hydrogens (tertiary/aromatic N) is 2. The first-order valence-electron chi connectivity index (χ1n) is 14.0. The molecule has 2 bridgehead atoms. The van der Waals surface area contributed by atoms with E-state index >= 15 is 0 Å². The Kier molecular flexibility index (Phi) is 9.62. The fourth-order valence-electron chi connectivity index (χ4n) is 6.78. The van der Waals surface area contributed by atoms with E-state index in [1.165, 1.54) is 0 Å². The summed E-state index contributed by atoms with van der Waals surface area (Å²) in [6, 6.07) is -1.45. The van der Waals surface area contributed by atoms with Gasteiger partial charge in [-0.3, -0.25) is 14.4 Å². The molecule has 0 aliphatic carbocycles. The van der Waals surface area contributed by atoms with E-state index in [0.717, 1.165) is 25.7 Å². The number of amides is 2. The fourth-order valence-corrected chi connectivity index (χ4v) is 6.78. The Balaban J connectivity index is 2.04. The van der Waals surface area contributed by atoms with E-state index in [1.54, 1.807) is 22.0 Å². The van der Waals surface area contributed by atoms with Crippen LogP contribution in [0.3, 0.4) is 0 Å². The summed E-state index contributed by atoms with van der Waals surface area (Å²) in [6.45, 7) is 16.3. The van der Waals surface area contributed by atoms with Gasteiger partial charge in [-0.25, -0.2) is 0 Å². The molecule has 1 N–H and O–H groups in total. The molecule has 3 aliphatic rings. The lowest BCUT2D eigenvalue weighted by Gasteiger charge is -2.39. The van der Waals surface area contributed by atoms with E-state index in [2.05, 4.69) is 20.1 Å². The molecule has 3 fully saturated rings. The zero-order valence-corrected chi connectivity index (χ0v) is 23.1. The maximum atomic E-state index is 14.3. The van der Waals surface area contributed by atoms with Crippen LogP contribution in [0, 0.1) is 17.8 Å². The van der Waals surface area contributed by atoms with E-state index in [1.807, 2.05) is 20.8 Å². The average Bonchev–Trinajstić information content (AvgIpc) is 3.39. The fraction of sp³-hybridized carbons (Fsp3) is 0.759. The van der Waals surface area contributed by atoms with Crippen LogP contribution in [0.5, 0.6) is 0 Å². The Morgan fingerprint density at radius 1 is 1.27 bits per heavy atom. The van der Waals surface area contributed by atoms with Crippen molar-refractivity contribution in [2.24, 2.45) is 17.8 Å². The standard InChI is InChI=1S/C29H46N2O6/c1-7-11-13-16-30(15-9-3)26(34)24-29-18-20(5)28(6,37-29)23(27(35)36-17-14-12-8-2)22(29)25(33)31(24)21(10-4)19-32/h8-9,20-24,32H,2-3,7,10-19H2,1,4-6H3/t20?,21-,22-,23-,24?,28+,29?/m0/s1. The highest BCUT2D eigenvalue weighted by molar-refractivity contribution is 5.98. The minimum Gasteiger partial charge on any atom is -0.465 e. The molecule has 0 radical (unpaired) electrons. The number of likely N-dealkylation sites (tertiary alicyclic amines) is 1. The van der Waals surface area contributed by atoms with Gasteiger partial charge in [0, 0.05) is 13.1 Å². The summed E-state index contributed by atoms with van der Waals surface area (Å²) < 4.78 is 12.4. The minimum absolute atomic E-state index is 0.0559. The number of aliphatic hydroxyl groups is 1. The molecule has 37 heavy (non-hydrogen) atoms. The number of allylic oxidation sites excluding steroid dienone is 1. The van der Waals surface area contributed by atoms with Crippen LogP contribution in [0.2, 0.25) is 0 Å². The molecular weight excluding hydrogens is 472 g/mol. The SMILES string of the molecule is C=CCCCOC(=O)[C@@H]1[C@H]2C(=O)N([C@@H](CC)CO)C(C(=O)N(CC=C)CCCCC)C23CC(C)[C@@]1(C)O3. The zero-order valence-electron chi connectivity index (χ0n) is 23.1. The third kappa shape index (κ3) is 4.99. The van der Waals surface area contributed by atoms with Gasteiger partial charge in [0.15, 0.2) is 0 Å². The smallest absolute Gasteiger partial charge is 0.312 e. The first-order chi connectivity index (χ1) is 17.7. The van der Waals surface area contributed by atoms with Crippen molar-refractivity contribution >= 4 is 17.8 Å². The lowest BCUT2D eigenvalue weighted by atomic mass is 9.62. The molecule has 208 valence electrons. The van der Waals surface area contributed by atoms with E-state index in [4.69, 9.17) is 9.47 Å². The van der Waals surface area contributed by atoms with Gasteiger partial charge in [0.2, 0.25) is 11.8 Å². The number of hydrogen-bond donors (Lipinski definition) is 1. The number of esters is 1. The minimum atomic E-state index is -1.14. The third-order valence-electron chi connectivity index (χ3n) is 8.81. The number of carbonyl (C=O) groups is 3. The van der Waals surface area contributed by atoms with Gasteiger partial charge < -0.3 is 24.4 Å². The van der Waals surface area contributed by atoms with E-state index in [9.17, 15) is 19.5 Å². The number of fused-ring (bicyclic) bond motifs is 1. The van der Waals surface area contributed by atoms with Gasteiger partial charge in [-0.15, -0.1) is 13.2 Å². The molecule has 0 saturated carbocycles. The van der Waals surface area contributed by atoms with Crippen molar-refractivity contribution in [2.45, 2.75) is 95.9 Å². The highest BCUT2D eigenvalue weighted by Gasteiger charge is 2.80. The van der Waals surface area contributed by atoms with Gasteiger partial charge in [0.1, 0.15) is 17.6 Å². The molecule has 0 aromatic carbocycles. The van der Waals surface area contributed by atoms with Crippen molar-refractivity contribution in [3.05, 3.63) is 25.3 Å². The van der Waals surface area contributed by atoms with Crippen LogP contribution in [0.15, 0.2) is 25.3 Å². The lowest BCUT2D eigenvalue weighted by Crippen LogP contribution is -2.59. The summed E-state index contributed by atoms with van der Waals surface area (Å²) in [4.78, 5) is 45.2. The van der Waals surface area contributed by atoms with Crippen LogP contribution >= 0.6 is 0 Å². The first kappa shape index (κ1) is 29.4. The van der Waals surface area contributed by atoms with Crippen molar-refractivity contribution in [3.8, 4) is 0 Å². The molecule has 3 unspecified atom stereocenters. The number of carbonyl (C=O) groups excluding carboxylic acids is 3. The quantitative estimate of drug-likeness (QED) is 0.203. The molecule has 1 spiro atoms. The molecule has 3 rings (SSSR count). The zero-order chi connectivity index (χ0) is 27.4. The Labute approximate surface area is 222 Å². The van der Waals surface area contributed by atoms with Crippen LogP contribution in [0.4, 0.5) is 0 Å². The second-order valence-corrected chi connectivity index (χ2v) is 11.1. The third-order valence-corrected chi connectivity index (χ3v) is 8.81. The molecule has 8 nitrogen and oxygen atoms in total. The van der Waals surface area contributed by atoms with Crippen molar-refractivity contribution < 1.29 is 29.0 Å². The van der Waals surface area contributed by atoms with Gasteiger partial charge in [-0.2, -0.15) is 0 Å². The van der Waals surface area contributed by atoms with Gasteiger partial charge in [0.25, 0.3) is 0 Å². The number of aliphatic hydroxyl groups excluding tert-OH is 1. The van der Waals surface area contributed by atoms with E-state index in [-0.39, 0.29) is 30.9 Å². The molecule has 8 heteroatoms. The molecule has 0 aromatic heterocycles. The summed E-state index contributed by atoms with van der Waals surface area (Å²) >= 11 is 0. The highest BCUT2D eigenvalue weighted by Crippen LogP contribution is 2.65. The highest BCUT2D eigenvalue weighted by atomic mass is 16.6. The normalized spacial score (nSPS) is 32.8. The molecule has 2 amide bonds. The summed E-state index contributed by atoms with van der Waals surface area (Å²) in [5.74, 6) is -2.63. The Bertz CT molecular complexity index is 872. The van der Waals surface area contributed by atoms with Crippen LogP contribution in [-0.2, 0) is 23.9 Å². The molecule has 3 aliphatic heterocycles. The monoisotopic (exact) mass is 518 g/mol. The molecular formula is C29H46N2O6. The topological polar surface area (TPSA) is 96.4 Å². The predicted molar refractivity (Wildman–Crippen MR) is 141 cm³/mol. The summed E-state index contributed by atoms with van der Waals surface area (Å²) in [6.07, 6.45) is 8.68. The Morgan fingerprint density at radius 3 is 2.59 bits per heavy atom. The Hall–Kier alpha value is -2.19. The van der Waals surface area contributed by atoms with E-state index < -0.39 is 41.1 Å². The van der Waals surface area contributed by atoms with Gasteiger partial charge in [0.05, 0.1) is 30.8 Å². The summed E-state index contributed by atoms with van der Waals surface area (Å²) in [5.41, 5.74) is -2.05. The maximum Gasteiger partial charge on any atom is 0.312 e. The van der Waals surface area contributed by atoms with Crippen LogP contribution < -0.4 is 0 Å². The van der Waals surface area contributed by atoms with Gasteiger partial charge in [-0.05, 0) is 44.9 Å². The number of unbranched alkanes of at least 4 members (excludes halogenated alkanes) is 3. The van der Waals surface area contributed by atoms with Crippen LogP contribution in [0.1, 0.15) is 72.6 Å². The van der Waals surface area contributed by atoms with Gasteiger partial charge in [-0.1, -0.05) is 45.8 Å². The molecule has 3 saturated heterocycles.